The van der Waals surface area contributed by atoms with Crippen molar-refractivity contribution in [3.63, 3.8) is 0 Å². The van der Waals surface area contributed by atoms with Crippen molar-refractivity contribution in [2.45, 2.75) is 19.9 Å². The van der Waals surface area contributed by atoms with Crippen LogP contribution in [0.4, 0.5) is 5.69 Å². The number of halogens is 1. The third kappa shape index (κ3) is 2.63. The second kappa shape index (κ2) is 6.09. The van der Waals surface area contributed by atoms with E-state index < -0.39 is 0 Å². The molecule has 6 heteroatoms. The summed E-state index contributed by atoms with van der Waals surface area (Å²) in [5.41, 5.74) is 11.1. The minimum Gasteiger partial charge on any atom is -0.397 e. The van der Waals surface area contributed by atoms with Crippen LogP contribution in [0.5, 0.6) is 0 Å². The molecule has 1 aliphatic rings. The third-order valence-electron chi connectivity index (χ3n) is 4.68. The van der Waals surface area contributed by atoms with Crippen LogP contribution in [0.2, 0.25) is 5.02 Å². The number of nitrogens with zero attached hydrogens (tertiary/aromatic N) is 2. The minimum absolute atomic E-state index is 0.0271. The molecule has 0 amide bonds. The summed E-state index contributed by atoms with van der Waals surface area (Å²) in [5.74, 6) is -0.0271. The normalized spacial score (nSPS) is 14.7. The fourth-order valence-electron chi connectivity index (χ4n) is 3.48. The van der Waals surface area contributed by atoms with Crippen molar-refractivity contribution >= 4 is 44.6 Å². The van der Waals surface area contributed by atoms with Crippen LogP contribution < -0.4 is 5.73 Å². The van der Waals surface area contributed by atoms with E-state index in [1.54, 1.807) is 6.92 Å². The van der Waals surface area contributed by atoms with Crippen molar-refractivity contribution in [3.8, 4) is 11.1 Å². The van der Waals surface area contributed by atoms with Crippen molar-refractivity contribution in [2.75, 3.05) is 19.3 Å². The quantitative estimate of drug-likeness (QED) is 0.679. The van der Waals surface area contributed by atoms with Gasteiger partial charge in [-0.15, -0.1) is 11.3 Å². The summed E-state index contributed by atoms with van der Waals surface area (Å²) < 4.78 is 0. The number of aromatic nitrogens is 1. The molecule has 0 unspecified atom stereocenters. The van der Waals surface area contributed by atoms with Crippen LogP contribution in [0.15, 0.2) is 24.3 Å². The number of benzene rings is 1. The van der Waals surface area contributed by atoms with E-state index in [1.807, 2.05) is 24.3 Å². The van der Waals surface area contributed by atoms with Crippen molar-refractivity contribution in [3.05, 3.63) is 45.4 Å². The highest BCUT2D eigenvalue weighted by atomic mass is 35.5. The van der Waals surface area contributed by atoms with Gasteiger partial charge in [-0.25, -0.2) is 4.98 Å². The molecule has 0 atom stereocenters. The molecule has 1 aromatic carbocycles. The first-order valence-electron chi connectivity index (χ1n) is 8.15. The zero-order valence-electron chi connectivity index (χ0n) is 14.1. The Morgan fingerprint density at radius 1 is 1.36 bits per heavy atom. The second-order valence-electron chi connectivity index (χ2n) is 6.46. The van der Waals surface area contributed by atoms with E-state index in [2.05, 4.69) is 11.9 Å². The minimum atomic E-state index is -0.0271. The van der Waals surface area contributed by atoms with E-state index in [0.29, 0.717) is 15.6 Å². The number of thiophene rings is 1. The molecule has 2 aromatic heterocycles. The zero-order valence-corrected chi connectivity index (χ0v) is 15.7. The first-order valence-corrected chi connectivity index (χ1v) is 9.35. The molecule has 2 N–H and O–H groups in total. The second-order valence-corrected chi connectivity index (χ2v) is 7.87. The summed E-state index contributed by atoms with van der Waals surface area (Å²) >= 11 is 7.90. The number of nitrogen functional groups attached to an aromatic ring is 1. The van der Waals surface area contributed by atoms with Crippen LogP contribution >= 0.6 is 22.9 Å². The molecule has 0 saturated heterocycles. The molecule has 0 spiro atoms. The number of nitrogens with two attached hydrogens (primary N) is 1. The lowest BCUT2D eigenvalue weighted by Crippen LogP contribution is -2.28. The fraction of sp³-hybridized carbons (Fsp3) is 0.263. The predicted molar refractivity (Wildman–Crippen MR) is 105 cm³/mol. The maximum absolute atomic E-state index is 12.0. The molecule has 3 heterocycles. The number of anilines is 1. The molecule has 0 fully saturated rings. The van der Waals surface area contributed by atoms with Crippen molar-refractivity contribution in [1.29, 1.82) is 0 Å². The van der Waals surface area contributed by atoms with Gasteiger partial charge in [0.15, 0.2) is 5.78 Å². The van der Waals surface area contributed by atoms with Gasteiger partial charge in [0, 0.05) is 53.7 Å². The van der Waals surface area contributed by atoms with E-state index >= 15 is 0 Å². The summed E-state index contributed by atoms with van der Waals surface area (Å²) in [4.78, 5) is 20.5. The molecular formula is C19H18ClN3OS. The van der Waals surface area contributed by atoms with Crippen LogP contribution in [-0.2, 0) is 13.0 Å². The Labute approximate surface area is 155 Å². The zero-order chi connectivity index (χ0) is 17.7. The Morgan fingerprint density at radius 3 is 2.84 bits per heavy atom. The SMILES string of the molecule is CC(=O)c1sc2nc3c(c(-c4ccccc4Cl)c2c1N)CN(C)CC3. The van der Waals surface area contributed by atoms with E-state index in [1.165, 1.54) is 11.3 Å². The molecule has 0 radical (unpaired) electrons. The molecule has 0 bridgehead atoms. The predicted octanol–water partition coefficient (Wildman–Crippen LogP) is 4.39. The Morgan fingerprint density at radius 2 is 2.12 bits per heavy atom. The molecule has 1 aliphatic heterocycles. The number of hydrogen-bond donors (Lipinski definition) is 1. The number of pyridine rings is 1. The number of hydrogen-bond acceptors (Lipinski definition) is 5. The number of carbonyl (C=O) groups is 1. The number of fused-ring (bicyclic) bond motifs is 2. The van der Waals surface area contributed by atoms with Crippen LogP contribution in [0.1, 0.15) is 27.9 Å². The molecule has 25 heavy (non-hydrogen) atoms. The van der Waals surface area contributed by atoms with Gasteiger partial charge in [0.05, 0.1) is 10.6 Å². The van der Waals surface area contributed by atoms with Crippen molar-refractivity contribution in [1.82, 2.24) is 9.88 Å². The first-order chi connectivity index (χ1) is 12.0. The lowest BCUT2D eigenvalue weighted by Gasteiger charge is -2.27. The topological polar surface area (TPSA) is 59.2 Å². The summed E-state index contributed by atoms with van der Waals surface area (Å²) in [6.45, 7) is 3.31. The summed E-state index contributed by atoms with van der Waals surface area (Å²) in [6.07, 6.45) is 0.881. The van der Waals surface area contributed by atoms with Crippen molar-refractivity contribution < 1.29 is 4.79 Å². The van der Waals surface area contributed by atoms with E-state index in [4.69, 9.17) is 22.3 Å². The molecule has 0 saturated carbocycles. The molecular weight excluding hydrogens is 354 g/mol. The first kappa shape index (κ1) is 16.5. The molecule has 3 aromatic rings. The Balaban J connectivity index is 2.15. The lowest BCUT2D eigenvalue weighted by molar-refractivity contribution is 0.102. The number of Topliss-reactive ketones (excluding diaryl/α,β-unsaturated/α-hetero) is 1. The molecule has 128 valence electrons. The van der Waals surface area contributed by atoms with Crippen molar-refractivity contribution in [2.24, 2.45) is 0 Å². The largest absolute Gasteiger partial charge is 0.397 e. The summed E-state index contributed by atoms with van der Waals surface area (Å²) in [6, 6.07) is 7.79. The maximum Gasteiger partial charge on any atom is 0.171 e. The Hall–Kier alpha value is -1.95. The van der Waals surface area contributed by atoms with E-state index in [9.17, 15) is 4.79 Å². The van der Waals surface area contributed by atoms with Gasteiger partial charge in [0.1, 0.15) is 4.83 Å². The van der Waals surface area contributed by atoms with Gasteiger partial charge in [-0.1, -0.05) is 29.8 Å². The van der Waals surface area contributed by atoms with Gasteiger partial charge >= 0.3 is 0 Å². The molecule has 4 nitrogen and oxygen atoms in total. The lowest BCUT2D eigenvalue weighted by atomic mass is 9.92. The highest BCUT2D eigenvalue weighted by Gasteiger charge is 2.26. The van der Waals surface area contributed by atoms with E-state index in [0.717, 1.165) is 52.1 Å². The van der Waals surface area contributed by atoms with Crippen LogP contribution in [-0.4, -0.2) is 29.3 Å². The van der Waals surface area contributed by atoms with E-state index in [-0.39, 0.29) is 5.78 Å². The van der Waals surface area contributed by atoms with Gasteiger partial charge in [-0.2, -0.15) is 0 Å². The van der Waals surface area contributed by atoms with Gasteiger partial charge in [-0.05, 0) is 18.7 Å². The van der Waals surface area contributed by atoms with Gasteiger partial charge < -0.3 is 10.6 Å². The standard InChI is InChI=1S/C19H18ClN3OS/c1-10(24)18-17(21)16-15(11-5-3-4-6-13(11)20)12-9-23(2)8-7-14(12)22-19(16)25-18/h3-6H,7-9,21H2,1-2H3. The maximum atomic E-state index is 12.0. The molecule has 4 rings (SSSR count). The van der Waals surface area contributed by atoms with Gasteiger partial charge in [-0.3, -0.25) is 4.79 Å². The number of ketones is 1. The number of likely N-dealkylation sites (N-methyl/N-ethyl adjacent to an activating group) is 1. The van der Waals surface area contributed by atoms with Gasteiger partial charge in [0.25, 0.3) is 0 Å². The van der Waals surface area contributed by atoms with Crippen LogP contribution in [0.3, 0.4) is 0 Å². The smallest absolute Gasteiger partial charge is 0.171 e. The Kier molecular flexibility index (Phi) is 4.02. The number of carbonyl (C=O) groups excluding carboxylic acids is 1. The average molecular weight is 372 g/mol. The van der Waals surface area contributed by atoms with Crippen LogP contribution in [0.25, 0.3) is 21.3 Å². The summed E-state index contributed by atoms with van der Waals surface area (Å²) in [5, 5.41) is 1.54. The van der Waals surface area contributed by atoms with Crippen LogP contribution in [0, 0.1) is 0 Å². The monoisotopic (exact) mass is 371 g/mol. The fourth-order valence-corrected chi connectivity index (χ4v) is 4.73. The third-order valence-corrected chi connectivity index (χ3v) is 6.21. The average Bonchev–Trinajstić information content (AvgIpc) is 2.91. The highest BCUT2D eigenvalue weighted by molar-refractivity contribution is 7.21. The molecule has 0 aliphatic carbocycles. The number of rotatable bonds is 2. The van der Waals surface area contributed by atoms with Gasteiger partial charge in [0.2, 0.25) is 0 Å². The summed E-state index contributed by atoms with van der Waals surface area (Å²) in [7, 11) is 2.10. The highest BCUT2D eigenvalue weighted by Crippen LogP contribution is 2.45. The Bertz CT molecular complexity index is 1010.